The Morgan fingerprint density at radius 2 is 1.84 bits per heavy atom. The van der Waals surface area contributed by atoms with Crippen LogP contribution in [0.2, 0.25) is 0 Å². The van der Waals surface area contributed by atoms with Crippen LogP contribution in [0, 0.1) is 5.82 Å². The molecular formula is C12H11FN4O2. The van der Waals surface area contributed by atoms with Crippen molar-refractivity contribution < 1.29 is 13.9 Å². The lowest BCUT2D eigenvalue weighted by Gasteiger charge is -2.06. The van der Waals surface area contributed by atoms with Crippen molar-refractivity contribution in [2.75, 3.05) is 18.6 Å². The number of nitrogens with two attached hydrogens (primary N) is 2. The monoisotopic (exact) mass is 262 g/mol. The summed E-state index contributed by atoms with van der Waals surface area (Å²) in [5, 5.41) is 0. The summed E-state index contributed by atoms with van der Waals surface area (Å²) in [6.45, 7) is 0. The normalized spacial score (nSPS) is 10.2. The van der Waals surface area contributed by atoms with Crippen LogP contribution in [0.3, 0.4) is 0 Å². The Morgan fingerprint density at radius 1 is 1.21 bits per heavy atom. The van der Waals surface area contributed by atoms with Crippen LogP contribution < -0.4 is 11.5 Å². The SMILES string of the molecule is COC(=O)c1ccc(-c2nc(N)nc(N)c2F)cc1. The van der Waals surface area contributed by atoms with Gasteiger partial charge in [0.1, 0.15) is 5.69 Å². The molecule has 1 heterocycles. The van der Waals surface area contributed by atoms with Crippen LogP contribution in [-0.2, 0) is 4.74 Å². The zero-order chi connectivity index (χ0) is 14.0. The first-order valence-electron chi connectivity index (χ1n) is 5.30. The highest BCUT2D eigenvalue weighted by atomic mass is 19.1. The van der Waals surface area contributed by atoms with E-state index in [2.05, 4.69) is 14.7 Å². The van der Waals surface area contributed by atoms with E-state index >= 15 is 0 Å². The van der Waals surface area contributed by atoms with E-state index in [1.165, 1.54) is 31.4 Å². The van der Waals surface area contributed by atoms with E-state index in [0.29, 0.717) is 11.1 Å². The summed E-state index contributed by atoms with van der Waals surface area (Å²) in [7, 11) is 1.28. The number of ether oxygens (including phenoxy) is 1. The Kier molecular flexibility index (Phi) is 3.28. The quantitative estimate of drug-likeness (QED) is 0.789. The largest absolute Gasteiger partial charge is 0.465 e. The van der Waals surface area contributed by atoms with Crippen molar-refractivity contribution in [2.24, 2.45) is 0 Å². The van der Waals surface area contributed by atoms with Gasteiger partial charge in [-0.1, -0.05) is 12.1 Å². The molecule has 2 rings (SSSR count). The molecule has 0 spiro atoms. The maximum Gasteiger partial charge on any atom is 0.337 e. The molecule has 1 aromatic carbocycles. The molecule has 0 aliphatic heterocycles. The average Bonchev–Trinajstić information content (AvgIpc) is 2.42. The fourth-order valence-corrected chi connectivity index (χ4v) is 1.56. The molecule has 0 amide bonds. The summed E-state index contributed by atoms with van der Waals surface area (Å²) in [4.78, 5) is 18.6. The van der Waals surface area contributed by atoms with Crippen LogP contribution in [-0.4, -0.2) is 23.0 Å². The van der Waals surface area contributed by atoms with Crippen LogP contribution in [0.25, 0.3) is 11.3 Å². The van der Waals surface area contributed by atoms with Crippen molar-refractivity contribution in [1.82, 2.24) is 9.97 Å². The summed E-state index contributed by atoms with van der Waals surface area (Å²) < 4.78 is 18.4. The number of halogens is 1. The Bertz CT molecular complexity index is 628. The molecule has 2 aromatic rings. The van der Waals surface area contributed by atoms with E-state index < -0.39 is 11.8 Å². The Morgan fingerprint density at radius 3 is 2.42 bits per heavy atom. The summed E-state index contributed by atoms with van der Waals surface area (Å²) >= 11 is 0. The summed E-state index contributed by atoms with van der Waals surface area (Å²) in [5.74, 6) is -1.67. The van der Waals surface area contributed by atoms with Crippen LogP contribution in [0.1, 0.15) is 10.4 Å². The van der Waals surface area contributed by atoms with E-state index in [9.17, 15) is 9.18 Å². The third-order valence-corrected chi connectivity index (χ3v) is 2.47. The van der Waals surface area contributed by atoms with Crippen molar-refractivity contribution in [2.45, 2.75) is 0 Å². The molecule has 19 heavy (non-hydrogen) atoms. The van der Waals surface area contributed by atoms with Crippen molar-refractivity contribution in [3.8, 4) is 11.3 Å². The first-order chi connectivity index (χ1) is 9.02. The third kappa shape index (κ3) is 2.44. The zero-order valence-electron chi connectivity index (χ0n) is 10.1. The minimum absolute atomic E-state index is 0.0126. The van der Waals surface area contributed by atoms with Crippen LogP contribution in [0.5, 0.6) is 0 Å². The number of hydrogen-bond donors (Lipinski definition) is 2. The van der Waals surface area contributed by atoms with Crippen molar-refractivity contribution in [3.63, 3.8) is 0 Å². The minimum atomic E-state index is -0.750. The highest BCUT2D eigenvalue weighted by molar-refractivity contribution is 5.89. The predicted molar refractivity (Wildman–Crippen MR) is 67.6 cm³/mol. The minimum Gasteiger partial charge on any atom is -0.465 e. The topological polar surface area (TPSA) is 104 Å². The number of nitrogens with zero attached hydrogens (tertiary/aromatic N) is 2. The van der Waals surface area contributed by atoms with Gasteiger partial charge >= 0.3 is 5.97 Å². The number of carbonyl (C=O) groups excluding carboxylic acids is 1. The van der Waals surface area contributed by atoms with Gasteiger partial charge in [-0.25, -0.2) is 14.2 Å². The molecule has 0 saturated carbocycles. The van der Waals surface area contributed by atoms with E-state index in [0.717, 1.165) is 0 Å². The van der Waals surface area contributed by atoms with Gasteiger partial charge in [0.25, 0.3) is 0 Å². The van der Waals surface area contributed by atoms with Gasteiger partial charge < -0.3 is 16.2 Å². The fraction of sp³-hybridized carbons (Fsp3) is 0.0833. The number of aromatic nitrogens is 2. The van der Waals surface area contributed by atoms with E-state index in [-0.39, 0.29) is 17.5 Å². The molecule has 0 radical (unpaired) electrons. The summed E-state index contributed by atoms with van der Waals surface area (Å²) in [6, 6.07) is 6.04. The second-order valence-electron chi connectivity index (χ2n) is 3.70. The summed E-state index contributed by atoms with van der Waals surface area (Å²) in [6.07, 6.45) is 0. The van der Waals surface area contributed by atoms with Crippen LogP contribution in [0.15, 0.2) is 24.3 Å². The first kappa shape index (κ1) is 12.7. The smallest absolute Gasteiger partial charge is 0.337 e. The second-order valence-corrected chi connectivity index (χ2v) is 3.70. The van der Waals surface area contributed by atoms with E-state index in [4.69, 9.17) is 11.5 Å². The highest BCUT2D eigenvalue weighted by Gasteiger charge is 2.13. The molecule has 0 aliphatic carbocycles. The van der Waals surface area contributed by atoms with Gasteiger partial charge in [-0.15, -0.1) is 0 Å². The number of anilines is 2. The molecule has 0 aliphatic rings. The molecule has 0 atom stereocenters. The number of carbonyl (C=O) groups is 1. The maximum atomic E-state index is 13.8. The van der Waals surface area contributed by atoms with E-state index in [1.807, 2.05) is 0 Å². The second kappa shape index (κ2) is 4.89. The molecule has 98 valence electrons. The molecule has 0 saturated heterocycles. The van der Waals surface area contributed by atoms with Gasteiger partial charge in [0, 0.05) is 5.56 Å². The Labute approximate surface area is 108 Å². The maximum absolute atomic E-state index is 13.8. The van der Waals surface area contributed by atoms with Gasteiger partial charge in [0.15, 0.2) is 11.6 Å². The van der Waals surface area contributed by atoms with Gasteiger partial charge in [-0.2, -0.15) is 4.98 Å². The third-order valence-electron chi connectivity index (χ3n) is 2.47. The number of nitrogen functional groups attached to an aromatic ring is 2. The fourth-order valence-electron chi connectivity index (χ4n) is 1.56. The number of hydrogen-bond acceptors (Lipinski definition) is 6. The van der Waals surface area contributed by atoms with Crippen molar-refractivity contribution in [1.29, 1.82) is 0 Å². The summed E-state index contributed by atoms with van der Waals surface area (Å²) in [5.41, 5.74) is 11.6. The molecule has 0 unspecified atom stereocenters. The standard InChI is InChI=1S/C12H11FN4O2/c1-19-11(18)7-4-2-6(3-5-7)9-8(13)10(14)17-12(15)16-9/h2-5H,1H3,(H4,14,15,16,17). The molecule has 0 bridgehead atoms. The van der Waals surface area contributed by atoms with Crippen LogP contribution in [0.4, 0.5) is 16.2 Å². The molecule has 7 heteroatoms. The molecular weight excluding hydrogens is 251 g/mol. The van der Waals surface area contributed by atoms with Crippen molar-refractivity contribution in [3.05, 3.63) is 35.6 Å². The van der Waals surface area contributed by atoms with Gasteiger partial charge in [-0.3, -0.25) is 0 Å². The lowest BCUT2D eigenvalue weighted by atomic mass is 10.1. The molecule has 6 nitrogen and oxygen atoms in total. The number of esters is 1. The lowest BCUT2D eigenvalue weighted by molar-refractivity contribution is 0.0601. The predicted octanol–water partition coefficient (Wildman–Crippen LogP) is 1.23. The molecule has 1 aromatic heterocycles. The van der Waals surface area contributed by atoms with Gasteiger partial charge in [-0.05, 0) is 12.1 Å². The number of rotatable bonds is 2. The average molecular weight is 262 g/mol. The first-order valence-corrected chi connectivity index (χ1v) is 5.30. The highest BCUT2D eigenvalue weighted by Crippen LogP contribution is 2.24. The van der Waals surface area contributed by atoms with Crippen LogP contribution >= 0.6 is 0 Å². The van der Waals surface area contributed by atoms with Gasteiger partial charge in [0.05, 0.1) is 12.7 Å². The van der Waals surface area contributed by atoms with E-state index in [1.54, 1.807) is 0 Å². The van der Waals surface area contributed by atoms with Gasteiger partial charge in [0.2, 0.25) is 5.95 Å². The Hall–Kier alpha value is -2.70. The van der Waals surface area contributed by atoms with Crippen molar-refractivity contribution >= 4 is 17.7 Å². The molecule has 4 N–H and O–H groups in total. The zero-order valence-corrected chi connectivity index (χ0v) is 10.1. The Balaban J connectivity index is 2.46. The molecule has 0 fully saturated rings. The number of methoxy groups -OCH3 is 1. The number of benzene rings is 1. The lowest BCUT2D eigenvalue weighted by Crippen LogP contribution is -2.05.